The predicted octanol–water partition coefficient (Wildman–Crippen LogP) is 3.66. The first-order chi connectivity index (χ1) is 17.3. The zero-order valence-electron chi connectivity index (χ0n) is 21.7. The van der Waals surface area contributed by atoms with E-state index in [0.717, 1.165) is 0 Å². The molecule has 11 heteroatoms. The maximum atomic E-state index is 14.3. The van der Waals surface area contributed by atoms with Gasteiger partial charge >= 0.3 is 0 Å². The topological polar surface area (TPSA) is 97.1 Å². The summed E-state index contributed by atoms with van der Waals surface area (Å²) in [6.45, 7) is 0.678. The molecule has 3 aromatic rings. The summed E-state index contributed by atoms with van der Waals surface area (Å²) in [5.41, 5.74) is -0.151. The molecule has 2 aliphatic rings. The Bertz CT molecular complexity index is 1330. The van der Waals surface area contributed by atoms with Gasteiger partial charge in [0.1, 0.15) is 17.0 Å². The van der Waals surface area contributed by atoms with Gasteiger partial charge in [-0.25, -0.2) is 23.1 Å². The molecule has 170 valence electrons. The Hall–Kier alpha value is -2.92. The van der Waals surface area contributed by atoms with Gasteiger partial charge in [0.2, 0.25) is 11.9 Å². The van der Waals surface area contributed by atoms with Crippen LogP contribution in [0.15, 0.2) is 18.3 Å². The summed E-state index contributed by atoms with van der Waals surface area (Å²) in [6, 6.07) is -1.06. The number of nitrogens with zero attached hydrogens (tertiary/aromatic N) is 4. The lowest BCUT2D eigenvalue weighted by atomic mass is 9.93. The molecule has 1 aliphatic heterocycles. The highest BCUT2D eigenvalue weighted by molar-refractivity contribution is 5.76. The number of halogens is 3. The predicted molar refractivity (Wildman–Crippen MR) is 111 cm³/mol. The number of imidazole rings is 1. The van der Waals surface area contributed by atoms with Gasteiger partial charge < -0.3 is 20.5 Å². The Kier molecular flexibility index (Phi) is 4.22. The quantitative estimate of drug-likeness (QED) is 0.542. The SMILES string of the molecule is [2H]C1CC([2H])(Nc2ncc3nc(Nc4c(F)cc(F)cc4F)n(C4CCOC4)c3n2)CC([2H])([2H])C1([2H])O. The number of rotatable bonds is 5. The van der Waals surface area contributed by atoms with Crippen molar-refractivity contribution in [2.45, 2.75) is 50.2 Å². The zero-order chi connectivity index (χ0) is 26.8. The molecule has 5 rings (SSSR count). The lowest BCUT2D eigenvalue weighted by Gasteiger charge is -2.26. The number of ether oxygens (including phenoxy) is 1. The number of fused-ring (bicyclic) bond motifs is 1. The standard InChI is InChI=1S/C21H23F3N6O2/c22-11-7-15(23)18(16(24)8-11)28-21-27-17-9-25-20(26-12-1-3-14(31)4-2-12)29-19(17)30(21)13-5-6-32-10-13/h7-9,12-14,31H,1-6,10H2,(H,27,28)(H,25,26,29)/i3D,4D2,12D,14D. The molecule has 0 spiro atoms. The monoisotopic (exact) mass is 453 g/mol. The van der Waals surface area contributed by atoms with Crippen molar-refractivity contribution in [2.24, 2.45) is 0 Å². The normalized spacial score (nSPS) is 34.3. The van der Waals surface area contributed by atoms with Crippen LogP contribution < -0.4 is 10.6 Å². The lowest BCUT2D eigenvalue weighted by molar-refractivity contribution is 0.126. The third-order valence-corrected chi connectivity index (χ3v) is 5.26. The molecule has 4 atom stereocenters. The van der Waals surface area contributed by atoms with Crippen molar-refractivity contribution in [1.29, 1.82) is 0 Å². The van der Waals surface area contributed by atoms with Gasteiger partial charge in [-0.05, 0) is 32.0 Å². The van der Waals surface area contributed by atoms with Crippen LogP contribution in [0, 0.1) is 17.5 Å². The summed E-state index contributed by atoms with van der Waals surface area (Å²) >= 11 is 0. The van der Waals surface area contributed by atoms with Crippen LogP contribution >= 0.6 is 0 Å². The molecule has 3 N–H and O–H groups in total. The average Bonchev–Trinajstić information content (AvgIpc) is 3.41. The van der Waals surface area contributed by atoms with Gasteiger partial charge in [0.25, 0.3) is 0 Å². The van der Waals surface area contributed by atoms with Crippen LogP contribution in [0.1, 0.15) is 44.9 Å². The minimum atomic E-state index is -2.68. The third kappa shape index (κ3) is 4.09. The number of hydrogen-bond acceptors (Lipinski definition) is 7. The first-order valence-electron chi connectivity index (χ1n) is 12.5. The summed E-state index contributed by atoms with van der Waals surface area (Å²) < 4.78 is 89.5. The van der Waals surface area contributed by atoms with E-state index in [0.29, 0.717) is 25.2 Å². The number of aliphatic hydroxyl groups is 1. The van der Waals surface area contributed by atoms with Crippen LogP contribution in [0.2, 0.25) is 0 Å². The second kappa shape index (κ2) is 8.55. The van der Waals surface area contributed by atoms with E-state index < -0.39 is 54.4 Å². The fraction of sp³-hybridized carbons (Fsp3) is 0.476. The average molecular weight is 453 g/mol. The Morgan fingerprint density at radius 3 is 2.72 bits per heavy atom. The number of nitrogens with one attached hydrogen (secondary N) is 2. The van der Waals surface area contributed by atoms with E-state index in [1.165, 1.54) is 6.20 Å². The molecule has 0 amide bonds. The van der Waals surface area contributed by atoms with Gasteiger partial charge in [-0.2, -0.15) is 4.98 Å². The maximum Gasteiger partial charge on any atom is 0.224 e. The van der Waals surface area contributed by atoms with E-state index in [1.807, 2.05) is 0 Å². The molecular weight excluding hydrogens is 425 g/mol. The fourth-order valence-electron chi connectivity index (χ4n) is 3.70. The molecule has 8 nitrogen and oxygen atoms in total. The highest BCUT2D eigenvalue weighted by atomic mass is 19.1. The lowest BCUT2D eigenvalue weighted by Crippen LogP contribution is -2.29. The first-order valence-corrected chi connectivity index (χ1v) is 9.97. The van der Waals surface area contributed by atoms with E-state index in [2.05, 4.69) is 25.6 Å². The largest absolute Gasteiger partial charge is 0.393 e. The van der Waals surface area contributed by atoms with Crippen molar-refractivity contribution < 1.29 is 29.9 Å². The van der Waals surface area contributed by atoms with Crippen LogP contribution in [-0.2, 0) is 4.74 Å². The highest BCUT2D eigenvalue weighted by Crippen LogP contribution is 2.32. The molecule has 1 saturated heterocycles. The summed E-state index contributed by atoms with van der Waals surface area (Å²) in [4.78, 5) is 12.9. The van der Waals surface area contributed by atoms with Gasteiger partial charge in [0.15, 0.2) is 17.3 Å². The van der Waals surface area contributed by atoms with Crippen molar-refractivity contribution in [3.05, 3.63) is 35.8 Å². The zero-order valence-corrected chi connectivity index (χ0v) is 16.7. The van der Waals surface area contributed by atoms with Crippen LogP contribution in [0.5, 0.6) is 0 Å². The summed E-state index contributed by atoms with van der Waals surface area (Å²) in [5, 5.41) is 15.4. The minimum absolute atomic E-state index is 0.00133. The van der Waals surface area contributed by atoms with Crippen molar-refractivity contribution in [1.82, 2.24) is 19.5 Å². The number of anilines is 3. The van der Waals surface area contributed by atoms with E-state index in [-0.39, 0.29) is 42.1 Å². The molecule has 32 heavy (non-hydrogen) atoms. The van der Waals surface area contributed by atoms with Crippen LogP contribution in [0.3, 0.4) is 0 Å². The first kappa shape index (κ1) is 15.8. The van der Waals surface area contributed by atoms with Gasteiger partial charge in [-0.15, -0.1) is 0 Å². The number of aromatic nitrogens is 4. The fourth-order valence-corrected chi connectivity index (χ4v) is 3.70. The minimum Gasteiger partial charge on any atom is -0.393 e. The van der Waals surface area contributed by atoms with E-state index in [1.54, 1.807) is 4.57 Å². The van der Waals surface area contributed by atoms with Crippen molar-refractivity contribution in [3.63, 3.8) is 0 Å². The molecule has 1 aromatic carbocycles. The summed E-state index contributed by atoms with van der Waals surface area (Å²) in [7, 11) is 0. The molecule has 0 bridgehead atoms. The molecule has 1 aliphatic carbocycles. The van der Waals surface area contributed by atoms with E-state index >= 15 is 0 Å². The summed E-state index contributed by atoms with van der Waals surface area (Å²) in [6.07, 6.45) is -5.99. The maximum absolute atomic E-state index is 14.3. The van der Waals surface area contributed by atoms with Crippen molar-refractivity contribution >= 4 is 28.7 Å². The smallest absolute Gasteiger partial charge is 0.224 e. The van der Waals surface area contributed by atoms with Crippen molar-refractivity contribution in [2.75, 3.05) is 23.8 Å². The molecule has 2 aromatic heterocycles. The third-order valence-electron chi connectivity index (χ3n) is 5.26. The second-order valence-corrected chi connectivity index (χ2v) is 7.47. The van der Waals surface area contributed by atoms with E-state index in [9.17, 15) is 18.3 Å². The number of hydrogen-bond donors (Lipinski definition) is 3. The summed E-state index contributed by atoms with van der Waals surface area (Å²) in [5.74, 6) is -3.49. The Balaban J connectivity index is 1.52. The molecule has 2 fully saturated rings. The molecule has 4 unspecified atom stereocenters. The Morgan fingerprint density at radius 2 is 2.00 bits per heavy atom. The Labute approximate surface area is 188 Å². The van der Waals surface area contributed by atoms with Gasteiger partial charge in [0, 0.05) is 28.9 Å². The van der Waals surface area contributed by atoms with Gasteiger partial charge in [-0.1, -0.05) is 0 Å². The van der Waals surface area contributed by atoms with Gasteiger partial charge in [-0.3, -0.25) is 4.57 Å². The van der Waals surface area contributed by atoms with E-state index in [4.69, 9.17) is 11.6 Å². The molecule has 0 radical (unpaired) electrons. The van der Waals surface area contributed by atoms with Crippen LogP contribution in [-0.4, -0.2) is 49.9 Å². The molecule has 3 heterocycles. The van der Waals surface area contributed by atoms with Crippen LogP contribution in [0.25, 0.3) is 11.2 Å². The second-order valence-electron chi connectivity index (χ2n) is 7.47. The highest BCUT2D eigenvalue weighted by Gasteiger charge is 2.27. The molecule has 1 saturated carbocycles. The Morgan fingerprint density at radius 1 is 1.19 bits per heavy atom. The molecular formula is C21H23F3N6O2. The van der Waals surface area contributed by atoms with Gasteiger partial charge in [0.05, 0.1) is 27.7 Å². The van der Waals surface area contributed by atoms with Crippen molar-refractivity contribution in [3.8, 4) is 0 Å². The van der Waals surface area contributed by atoms with Crippen LogP contribution in [0.4, 0.5) is 30.8 Å². The number of benzene rings is 1.